The van der Waals surface area contributed by atoms with E-state index in [0.29, 0.717) is 5.92 Å². The van der Waals surface area contributed by atoms with Gasteiger partial charge in [0, 0.05) is 6.04 Å². The summed E-state index contributed by atoms with van der Waals surface area (Å²) in [6.45, 7) is 1.35. The van der Waals surface area contributed by atoms with Crippen molar-refractivity contribution in [2.45, 2.75) is 44.4 Å². The van der Waals surface area contributed by atoms with Gasteiger partial charge in [-0.3, -0.25) is 4.79 Å². The van der Waals surface area contributed by atoms with Crippen LogP contribution in [0.1, 0.15) is 26.2 Å². The summed E-state index contributed by atoms with van der Waals surface area (Å²) in [4.78, 5) is 23.0. The molecule has 0 aromatic carbocycles. The molecule has 102 valence electrons. The number of carbonyl (C=O) groups excluding carboxylic acids is 1. The van der Waals surface area contributed by atoms with Crippen molar-refractivity contribution in [1.82, 2.24) is 5.32 Å². The molecule has 0 aromatic heterocycles. The SMILES string of the molecule is CC(O)C(NC(=O)C1C2CCC(C2)C1N)C(=O)O. The Balaban J connectivity index is 2.01. The summed E-state index contributed by atoms with van der Waals surface area (Å²) in [5, 5.41) is 20.7. The molecule has 2 aliphatic rings. The first kappa shape index (κ1) is 13.3. The Morgan fingerprint density at radius 1 is 1.33 bits per heavy atom. The maximum Gasteiger partial charge on any atom is 0.328 e. The molecular weight excluding hydrogens is 236 g/mol. The Morgan fingerprint density at radius 2 is 1.94 bits per heavy atom. The molecule has 1 amide bonds. The second kappa shape index (κ2) is 4.85. The highest BCUT2D eigenvalue weighted by Gasteiger charge is 2.49. The lowest BCUT2D eigenvalue weighted by molar-refractivity contribution is -0.145. The predicted molar refractivity (Wildman–Crippen MR) is 63.5 cm³/mol. The molecule has 0 heterocycles. The van der Waals surface area contributed by atoms with Gasteiger partial charge >= 0.3 is 5.97 Å². The van der Waals surface area contributed by atoms with E-state index in [0.717, 1.165) is 19.3 Å². The van der Waals surface area contributed by atoms with E-state index in [1.54, 1.807) is 0 Å². The molecule has 6 unspecified atom stereocenters. The molecule has 2 aliphatic carbocycles. The minimum atomic E-state index is -1.26. The van der Waals surface area contributed by atoms with Gasteiger partial charge < -0.3 is 21.3 Å². The number of aliphatic hydroxyl groups is 1. The van der Waals surface area contributed by atoms with Crippen LogP contribution in [-0.4, -0.2) is 40.3 Å². The van der Waals surface area contributed by atoms with E-state index in [-0.39, 0.29) is 23.8 Å². The lowest BCUT2D eigenvalue weighted by Crippen LogP contribution is -2.53. The van der Waals surface area contributed by atoms with E-state index >= 15 is 0 Å². The molecule has 6 heteroatoms. The van der Waals surface area contributed by atoms with Crippen LogP contribution in [0.25, 0.3) is 0 Å². The Morgan fingerprint density at radius 3 is 2.39 bits per heavy atom. The fourth-order valence-corrected chi connectivity index (χ4v) is 3.36. The summed E-state index contributed by atoms with van der Waals surface area (Å²) in [7, 11) is 0. The van der Waals surface area contributed by atoms with Crippen LogP contribution < -0.4 is 11.1 Å². The number of hydrogen-bond acceptors (Lipinski definition) is 4. The monoisotopic (exact) mass is 256 g/mol. The Kier molecular flexibility index (Phi) is 3.59. The molecule has 2 saturated carbocycles. The number of aliphatic carboxylic acids is 1. The number of carbonyl (C=O) groups is 2. The average molecular weight is 256 g/mol. The van der Waals surface area contributed by atoms with Gasteiger partial charge in [-0.05, 0) is 38.0 Å². The molecule has 0 aromatic rings. The minimum Gasteiger partial charge on any atom is -0.480 e. The van der Waals surface area contributed by atoms with Crippen molar-refractivity contribution in [3.8, 4) is 0 Å². The van der Waals surface area contributed by atoms with E-state index in [1.165, 1.54) is 6.92 Å². The van der Waals surface area contributed by atoms with Gasteiger partial charge in [0.15, 0.2) is 6.04 Å². The van der Waals surface area contributed by atoms with Crippen molar-refractivity contribution in [1.29, 1.82) is 0 Å². The number of fused-ring (bicyclic) bond motifs is 2. The minimum absolute atomic E-state index is 0.174. The van der Waals surface area contributed by atoms with Gasteiger partial charge in [0.2, 0.25) is 5.91 Å². The third kappa shape index (κ3) is 2.22. The average Bonchev–Trinajstić information content (AvgIpc) is 2.84. The summed E-state index contributed by atoms with van der Waals surface area (Å²) in [6, 6.07) is -1.43. The van der Waals surface area contributed by atoms with E-state index in [4.69, 9.17) is 10.8 Å². The van der Waals surface area contributed by atoms with Gasteiger partial charge in [0.05, 0.1) is 12.0 Å². The van der Waals surface area contributed by atoms with Crippen LogP contribution in [0.15, 0.2) is 0 Å². The number of amides is 1. The zero-order chi connectivity index (χ0) is 13.4. The molecule has 0 radical (unpaired) electrons. The highest BCUT2D eigenvalue weighted by atomic mass is 16.4. The fraction of sp³-hybridized carbons (Fsp3) is 0.833. The zero-order valence-electron chi connectivity index (χ0n) is 10.4. The number of rotatable bonds is 4. The molecule has 5 N–H and O–H groups in total. The topological polar surface area (TPSA) is 113 Å². The number of aliphatic hydroxyl groups excluding tert-OH is 1. The lowest BCUT2D eigenvalue weighted by atomic mass is 9.84. The highest BCUT2D eigenvalue weighted by Crippen LogP contribution is 2.47. The van der Waals surface area contributed by atoms with Crippen LogP contribution in [0.3, 0.4) is 0 Å². The summed E-state index contributed by atoms with van der Waals surface area (Å²) in [5.74, 6) is -1.20. The van der Waals surface area contributed by atoms with Crippen LogP contribution >= 0.6 is 0 Å². The largest absolute Gasteiger partial charge is 0.480 e. The molecule has 2 fully saturated rings. The molecule has 2 bridgehead atoms. The van der Waals surface area contributed by atoms with Crippen molar-refractivity contribution in [3.63, 3.8) is 0 Å². The Bertz CT molecular complexity index is 356. The van der Waals surface area contributed by atoms with Crippen molar-refractivity contribution in [3.05, 3.63) is 0 Å². The molecule has 6 atom stereocenters. The normalized spacial score (nSPS) is 37.3. The highest BCUT2D eigenvalue weighted by molar-refractivity contribution is 5.86. The molecule has 0 spiro atoms. The third-order valence-electron chi connectivity index (χ3n) is 4.33. The summed E-state index contributed by atoms with van der Waals surface area (Å²) < 4.78 is 0. The third-order valence-corrected chi connectivity index (χ3v) is 4.33. The van der Waals surface area contributed by atoms with Crippen LogP contribution in [-0.2, 0) is 9.59 Å². The number of carboxylic acids is 1. The lowest BCUT2D eigenvalue weighted by Gasteiger charge is -2.28. The second-order valence-electron chi connectivity index (χ2n) is 5.50. The van der Waals surface area contributed by atoms with Crippen molar-refractivity contribution >= 4 is 11.9 Å². The van der Waals surface area contributed by atoms with Crippen LogP contribution in [0.4, 0.5) is 0 Å². The fourth-order valence-electron chi connectivity index (χ4n) is 3.36. The van der Waals surface area contributed by atoms with Crippen LogP contribution in [0, 0.1) is 17.8 Å². The van der Waals surface area contributed by atoms with Gasteiger partial charge in [0.1, 0.15) is 0 Å². The number of carboxylic acid groups (broad SMARTS) is 1. The maximum atomic E-state index is 12.1. The first-order chi connectivity index (χ1) is 8.41. The Labute approximate surface area is 106 Å². The van der Waals surface area contributed by atoms with Gasteiger partial charge in [-0.25, -0.2) is 4.79 Å². The number of nitrogens with one attached hydrogen (secondary N) is 1. The molecular formula is C12H20N2O4. The van der Waals surface area contributed by atoms with Gasteiger partial charge in [-0.15, -0.1) is 0 Å². The standard InChI is InChI=1S/C12H20N2O4/c1-5(15)10(12(17)18)14-11(16)8-6-2-3-7(4-6)9(8)13/h5-10,15H,2-4,13H2,1H3,(H,14,16)(H,17,18). The zero-order valence-corrected chi connectivity index (χ0v) is 10.4. The van der Waals surface area contributed by atoms with Crippen molar-refractivity contribution in [2.75, 3.05) is 0 Å². The molecule has 18 heavy (non-hydrogen) atoms. The number of nitrogens with two attached hydrogens (primary N) is 1. The summed E-state index contributed by atoms with van der Waals surface area (Å²) in [6.07, 6.45) is 1.89. The van der Waals surface area contributed by atoms with E-state index in [1.807, 2.05) is 0 Å². The molecule has 6 nitrogen and oxygen atoms in total. The Hall–Kier alpha value is -1.14. The first-order valence-corrected chi connectivity index (χ1v) is 6.38. The summed E-state index contributed by atoms with van der Waals surface area (Å²) >= 11 is 0. The predicted octanol–water partition coefficient (Wildman–Crippen LogP) is -0.690. The van der Waals surface area contributed by atoms with Gasteiger partial charge in [-0.2, -0.15) is 0 Å². The maximum absolute atomic E-state index is 12.1. The molecule has 0 saturated heterocycles. The van der Waals surface area contributed by atoms with Crippen molar-refractivity contribution < 1.29 is 19.8 Å². The van der Waals surface area contributed by atoms with E-state index in [9.17, 15) is 14.7 Å². The van der Waals surface area contributed by atoms with Gasteiger partial charge in [0.25, 0.3) is 0 Å². The smallest absolute Gasteiger partial charge is 0.328 e. The second-order valence-corrected chi connectivity index (χ2v) is 5.50. The quantitative estimate of drug-likeness (QED) is 0.532. The number of hydrogen-bond donors (Lipinski definition) is 4. The van der Waals surface area contributed by atoms with Gasteiger partial charge in [-0.1, -0.05) is 0 Å². The molecule has 2 rings (SSSR count). The van der Waals surface area contributed by atoms with E-state index in [2.05, 4.69) is 5.32 Å². The van der Waals surface area contributed by atoms with Crippen LogP contribution in [0.2, 0.25) is 0 Å². The first-order valence-electron chi connectivity index (χ1n) is 6.38. The van der Waals surface area contributed by atoms with Crippen molar-refractivity contribution in [2.24, 2.45) is 23.5 Å². The summed E-state index contributed by atoms with van der Waals surface area (Å²) in [5.41, 5.74) is 6.02. The van der Waals surface area contributed by atoms with E-state index < -0.39 is 18.1 Å². The molecule has 0 aliphatic heterocycles. The van der Waals surface area contributed by atoms with Crippen LogP contribution in [0.5, 0.6) is 0 Å².